The molecule has 1 aliphatic heterocycles. The monoisotopic (exact) mass is 216 g/mol. The normalized spacial score (nSPS) is 22.4. The van der Waals surface area contributed by atoms with Crippen LogP contribution < -0.4 is 5.32 Å². The zero-order valence-electron chi connectivity index (χ0n) is 9.08. The minimum absolute atomic E-state index is 0.303. The highest BCUT2D eigenvalue weighted by Gasteiger charge is 2.22. The first kappa shape index (κ1) is 11.9. The Hall–Kier alpha value is -0.220. The average molecular weight is 216 g/mol. The van der Waals surface area contributed by atoms with Crippen molar-refractivity contribution in [3.63, 3.8) is 0 Å². The van der Waals surface area contributed by atoms with Gasteiger partial charge in [0.2, 0.25) is 5.91 Å². The van der Waals surface area contributed by atoms with Crippen molar-refractivity contribution >= 4 is 17.7 Å². The third-order valence-corrected chi connectivity index (χ3v) is 3.54. The van der Waals surface area contributed by atoms with Crippen molar-refractivity contribution in [1.29, 1.82) is 0 Å². The Morgan fingerprint density at radius 3 is 3.07 bits per heavy atom. The molecule has 0 aromatic rings. The molecule has 4 heteroatoms. The highest BCUT2D eigenvalue weighted by atomic mass is 32.2. The Bertz CT molecular complexity index is 187. The largest absolute Gasteiger partial charge is 0.337 e. The van der Waals surface area contributed by atoms with Gasteiger partial charge in [0, 0.05) is 25.7 Å². The summed E-state index contributed by atoms with van der Waals surface area (Å²) >= 11 is 1.75. The standard InChI is InChI=1S/C10H20N2OS/c1-3-6-14-8-10(13)12-5-4-11-7-9(12)2/h9,11H,3-8H2,1-2H3/t9-/m0/s1. The molecule has 0 spiro atoms. The number of carbonyl (C=O) groups excluding carboxylic acids is 1. The van der Waals surface area contributed by atoms with Crippen LogP contribution in [0, 0.1) is 0 Å². The van der Waals surface area contributed by atoms with Crippen molar-refractivity contribution in [2.24, 2.45) is 0 Å². The van der Waals surface area contributed by atoms with Gasteiger partial charge in [-0.1, -0.05) is 6.92 Å². The van der Waals surface area contributed by atoms with Gasteiger partial charge in [-0.15, -0.1) is 0 Å². The molecule has 1 rings (SSSR count). The van der Waals surface area contributed by atoms with Gasteiger partial charge in [0.05, 0.1) is 5.75 Å². The highest BCUT2D eigenvalue weighted by Crippen LogP contribution is 2.08. The van der Waals surface area contributed by atoms with Crippen LogP contribution in [-0.2, 0) is 4.79 Å². The first-order valence-corrected chi connectivity index (χ1v) is 6.49. The van der Waals surface area contributed by atoms with E-state index in [2.05, 4.69) is 19.2 Å². The van der Waals surface area contributed by atoms with E-state index in [4.69, 9.17) is 0 Å². The molecule has 1 fully saturated rings. The van der Waals surface area contributed by atoms with E-state index < -0.39 is 0 Å². The van der Waals surface area contributed by atoms with Gasteiger partial charge in [-0.3, -0.25) is 4.79 Å². The van der Waals surface area contributed by atoms with Crippen LogP contribution in [0.2, 0.25) is 0 Å². The number of rotatable bonds is 4. The number of hydrogen-bond acceptors (Lipinski definition) is 3. The summed E-state index contributed by atoms with van der Waals surface area (Å²) in [4.78, 5) is 13.8. The summed E-state index contributed by atoms with van der Waals surface area (Å²) in [5.74, 6) is 2.04. The lowest BCUT2D eigenvalue weighted by molar-refractivity contribution is -0.131. The third kappa shape index (κ3) is 3.50. The summed E-state index contributed by atoms with van der Waals surface area (Å²) in [7, 11) is 0. The van der Waals surface area contributed by atoms with Gasteiger partial charge >= 0.3 is 0 Å². The first-order valence-electron chi connectivity index (χ1n) is 5.33. The van der Waals surface area contributed by atoms with Crippen molar-refractivity contribution in [2.45, 2.75) is 26.3 Å². The lowest BCUT2D eigenvalue weighted by Gasteiger charge is -2.33. The van der Waals surface area contributed by atoms with E-state index in [0.29, 0.717) is 17.7 Å². The Labute approximate surface area is 90.6 Å². The molecule has 0 aromatic heterocycles. The fraction of sp³-hybridized carbons (Fsp3) is 0.900. The number of carbonyl (C=O) groups is 1. The lowest BCUT2D eigenvalue weighted by Crippen LogP contribution is -2.52. The number of piperazine rings is 1. The van der Waals surface area contributed by atoms with Crippen molar-refractivity contribution < 1.29 is 4.79 Å². The number of amides is 1. The van der Waals surface area contributed by atoms with E-state index in [-0.39, 0.29) is 0 Å². The molecule has 1 aliphatic rings. The van der Waals surface area contributed by atoms with Crippen LogP contribution in [-0.4, -0.2) is 48.0 Å². The van der Waals surface area contributed by atoms with Crippen molar-refractivity contribution in [3.8, 4) is 0 Å². The third-order valence-electron chi connectivity index (χ3n) is 2.40. The van der Waals surface area contributed by atoms with Crippen molar-refractivity contribution in [3.05, 3.63) is 0 Å². The Morgan fingerprint density at radius 2 is 2.43 bits per heavy atom. The molecule has 1 saturated heterocycles. The fourth-order valence-corrected chi connectivity index (χ4v) is 2.37. The average Bonchev–Trinajstić information content (AvgIpc) is 2.18. The fourth-order valence-electron chi connectivity index (χ4n) is 1.60. The van der Waals surface area contributed by atoms with Crippen LogP contribution >= 0.6 is 11.8 Å². The maximum absolute atomic E-state index is 11.8. The first-order chi connectivity index (χ1) is 6.75. The minimum Gasteiger partial charge on any atom is -0.337 e. The van der Waals surface area contributed by atoms with Crippen LogP contribution in [0.5, 0.6) is 0 Å². The smallest absolute Gasteiger partial charge is 0.232 e. The van der Waals surface area contributed by atoms with Gasteiger partial charge in [-0.2, -0.15) is 11.8 Å². The molecular weight excluding hydrogens is 196 g/mol. The van der Waals surface area contributed by atoms with E-state index in [0.717, 1.165) is 31.8 Å². The summed E-state index contributed by atoms with van der Waals surface area (Å²) in [5.41, 5.74) is 0. The van der Waals surface area contributed by atoms with E-state index in [1.165, 1.54) is 0 Å². The number of hydrogen-bond donors (Lipinski definition) is 1. The quantitative estimate of drug-likeness (QED) is 0.710. The molecule has 14 heavy (non-hydrogen) atoms. The molecule has 1 N–H and O–H groups in total. The molecule has 0 bridgehead atoms. The molecule has 82 valence electrons. The Kier molecular flexibility index (Phi) is 5.33. The van der Waals surface area contributed by atoms with Gasteiger partial charge in [0.25, 0.3) is 0 Å². The molecule has 3 nitrogen and oxygen atoms in total. The van der Waals surface area contributed by atoms with E-state index in [1.807, 2.05) is 4.90 Å². The highest BCUT2D eigenvalue weighted by molar-refractivity contribution is 7.99. The molecule has 0 unspecified atom stereocenters. The number of thioether (sulfide) groups is 1. The topological polar surface area (TPSA) is 32.3 Å². The Morgan fingerprint density at radius 1 is 1.64 bits per heavy atom. The summed E-state index contributed by atoms with van der Waals surface area (Å²) in [6.07, 6.45) is 1.15. The number of nitrogens with zero attached hydrogens (tertiary/aromatic N) is 1. The van der Waals surface area contributed by atoms with Crippen LogP contribution in [0.4, 0.5) is 0 Å². The summed E-state index contributed by atoms with van der Waals surface area (Å²) in [6.45, 7) is 6.99. The van der Waals surface area contributed by atoms with E-state index in [1.54, 1.807) is 11.8 Å². The maximum Gasteiger partial charge on any atom is 0.232 e. The molecule has 0 saturated carbocycles. The minimum atomic E-state index is 0.303. The van der Waals surface area contributed by atoms with Crippen molar-refractivity contribution in [1.82, 2.24) is 10.2 Å². The van der Waals surface area contributed by atoms with Gasteiger partial charge in [0.15, 0.2) is 0 Å². The van der Waals surface area contributed by atoms with E-state index >= 15 is 0 Å². The van der Waals surface area contributed by atoms with Crippen LogP contribution in [0.25, 0.3) is 0 Å². The summed E-state index contributed by atoms with van der Waals surface area (Å²) < 4.78 is 0. The Balaban J connectivity index is 2.27. The predicted molar refractivity (Wildman–Crippen MR) is 61.7 cm³/mol. The van der Waals surface area contributed by atoms with Gasteiger partial charge in [0.1, 0.15) is 0 Å². The van der Waals surface area contributed by atoms with Crippen molar-refractivity contribution in [2.75, 3.05) is 31.1 Å². The predicted octanol–water partition coefficient (Wildman–Crippen LogP) is 0.950. The molecule has 0 radical (unpaired) electrons. The summed E-state index contributed by atoms with van der Waals surface area (Å²) in [5, 5.41) is 3.29. The SMILES string of the molecule is CCCSCC(=O)N1CCNC[C@@H]1C. The van der Waals surface area contributed by atoms with E-state index in [9.17, 15) is 4.79 Å². The molecule has 1 heterocycles. The zero-order chi connectivity index (χ0) is 10.4. The molecular formula is C10H20N2OS. The van der Waals surface area contributed by atoms with Gasteiger partial charge < -0.3 is 10.2 Å². The van der Waals surface area contributed by atoms with Crippen LogP contribution in [0.15, 0.2) is 0 Å². The molecule has 1 atom stereocenters. The molecule has 0 aliphatic carbocycles. The maximum atomic E-state index is 11.8. The van der Waals surface area contributed by atoms with Gasteiger partial charge in [-0.05, 0) is 19.1 Å². The van der Waals surface area contributed by atoms with Crippen LogP contribution in [0.3, 0.4) is 0 Å². The second-order valence-electron chi connectivity index (χ2n) is 3.69. The molecule has 0 aromatic carbocycles. The second-order valence-corrected chi connectivity index (χ2v) is 4.80. The van der Waals surface area contributed by atoms with Gasteiger partial charge in [-0.25, -0.2) is 0 Å². The lowest BCUT2D eigenvalue weighted by atomic mass is 10.2. The summed E-state index contributed by atoms with van der Waals surface area (Å²) in [6, 6.07) is 0.360. The second kappa shape index (κ2) is 6.30. The molecule has 1 amide bonds. The van der Waals surface area contributed by atoms with Crippen LogP contribution in [0.1, 0.15) is 20.3 Å². The zero-order valence-corrected chi connectivity index (χ0v) is 9.90. The number of nitrogens with one attached hydrogen (secondary N) is 1.